The first-order chi connectivity index (χ1) is 6.43. The smallest absolute Gasteiger partial charge is 0.324 e. The molecule has 1 fully saturated rings. The predicted molar refractivity (Wildman–Crippen MR) is 53.8 cm³/mol. The van der Waals surface area contributed by atoms with E-state index in [0.717, 1.165) is 6.42 Å². The van der Waals surface area contributed by atoms with Gasteiger partial charge < -0.3 is 4.90 Å². The second-order valence-electron chi connectivity index (χ2n) is 4.33. The van der Waals surface area contributed by atoms with Gasteiger partial charge in [0.15, 0.2) is 0 Å². The Balaban J connectivity index is 2.70. The summed E-state index contributed by atoms with van der Waals surface area (Å²) in [4.78, 5) is 25.8. The maximum atomic E-state index is 11.6. The van der Waals surface area contributed by atoms with E-state index in [1.807, 2.05) is 0 Å². The summed E-state index contributed by atoms with van der Waals surface area (Å²) < 4.78 is 0. The molecule has 1 atom stereocenters. The van der Waals surface area contributed by atoms with Gasteiger partial charge in [0.25, 0.3) is 0 Å². The molecule has 0 aromatic rings. The molecule has 0 aromatic heterocycles. The van der Waals surface area contributed by atoms with Crippen LogP contribution in [0.5, 0.6) is 0 Å². The Kier molecular flexibility index (Phi) is 3.13. The molecule has 1 rings (SSSR count). The first-order valence-corrected chi connectivity index (χ1v) is 4.96. The standard InChI is InChI=1S/C10H18N2O2/c1-7(2)5-8-6-9(13)12(4)10(14)11(8)3/h7-8H,5-6H2,1-4H3. The van der Waals surface area contributed by atoms with Crippen LogP contribution in [0.15, 0.2) is 0 Å². The van der Waals surface area contributed by atoms with Crippen LogP contribution in [0.1, 0.15) is 26.7 Å². The molecular weight excluding hydrogens is 180 g/mol. The van der Waals surface area contributed by atoms with Gasteiger partial charge in [-0.3, -0.25) is 9.69 Å². The number of urea groups is 1. The normalized spacial score (nSPS) is 23.6. The molecule has 3 amide bonds. The summed E-state index contributed by atoms with van der Waals surface area (Å²) in [6.07, 6.45) is 1.35. The minimum absolute atomic E-state index is 0.0706. The molecular formula is C10H18N2O2. The summed E-state index contributed by atoms with van der Waals surface area (Å²) in [6.45, 7) is 4.20. The average Bonchev–Trinajstić information content (AvgIpc) is 2.10. The molecule has 0 aliphatic carbocycles. The molecule has 0 bridgehead atoms. The van der Waals surface area contributed by atoms with Crippen molar-refractivity contribution in [3.63, 3.8) is 0 Å². The lowest BCUT2D eigenvalue weighted by molar-refractivity contribution is -0.131. The van der Waals surface area contributed by atoms with Crippen molar-refractivity contribution in [3.05, 3.63) is 0 Å². The van der Waals surface area contributed by atoms with Crippen molar-refractivity contribution in [1.29, 1.82) is 0 Å². The molecule has 1 saturated heterocycles. The summed E-state index contributed by atoms with van der Waals surface area (Å²) in [7, 11) is 3.30. The van der Waals surface area contributed by atoms with Crippen LogP contribution in [-0.4, -0.2) is 41.9 Å². The van der Waals surface area contributed by atoms with Crippen LogP contribution < -0.4 is 0 Å². The maximum absolute atomic E-state index is 11.6. The van der Waals surface area contributed by atoms with Gasteiger partial charge in [-0.05, 0) is 12.3 Å². The summed E-state index contributed by atoms with van der Waals surface area (Å²) in [5.74, 6) is 0.435. The quantitative estimate of drug-likeness (QED) is 0.671. The first kappa shape index (κ1) is 11.0. The van der Waals surface area contributed by atoms with E-state index in [4.69, 9.17) is 0 Å². The summed E-state index contributed by atoms with van der Waals surface area (Å²) >= 11 is 0. The number of hydrogen-bond acceptors (Lipinski definition) is 2. The van der Waals surface area contributed by atoms with Gasteiger partial charge in [0, 0.05) is 26.6 Å². The first-order valence-electron chi connectivity index (χ1n) is 4.96. The van der Waals surface area contributed by atoms with Crippen LogP contribution >= 0.6 is 0 Å². The Hall–Kier alpha value is -1.06. The van der Waals surface area contributed by atoms with Crippen LogP contribution in [0.3, 0.4) is 0 Å². The SMILES string of the molecule is CC(C)CC1CC(=O)N(C)C(=O)N1C. The lowest BCUT2D eigenvalue weighted by Gasteiger charge is -2.37. The number of rotatable bonds is 2. The zero-order valence-electron chi connectivity index (χ0n) is 9.28. The van der Waals surface area contributed by atoms with E-state index in [9.17, 15) is 9.59 Å². The molecule has 1 unspecified atom stereocenters. The lowest BCUT2D eigenvalue weighted by atomic mass is 9.98. The van der Waals surface area contributed by atoms with Gasteiger partial charge in [-0.2, -0.15) is 0 Å². The maximum Gasteiger partial charge on any atom is 0.326 e. The highest BCUT2D eigenvalue weighted by Gasteiger charge is 2.34. The minimum atomic E-state index is -0.188. The van der Waals surface area contributed by atoms with E-state index in [1.165, 1.54) is 11.9 Å². The number of carbonyl (C=O) groups excluding carboxylic acids is 2. The van der Waals surface area contributed by atoms with Gasteiger partial charge in [0.1, 0.15) is 0 Å². The fraction of sp³-hybridized carbons (Fsp3) is 0.800. The van der Waals surface area contributed by atoms with Crippen LogP contribution in [0.25, 0.3) is 0 Å². The molecule has 14 heavy (non-hydrogen) atoms. The van der Waals surface area contributed by atoms with E-state index in [-0.39, 0.29) is 18.0 Å². The highest BCUT2D eigenvalue weighted by atomic mass is 16.2. The van der Waals surface area contributed by atoms with Crippen LogP contribution in [0, 0.1) is 5.92 Å². The van der Waals surface area contributed by atoms with Gasteiger partial charge in [0.2, 0.25) is 5.91 Å². The lowest BCUT2D eigenvalue weighted by Crippen LogP contribution is -2.53. The van der Waals surface area contributed by atoms with Gasteiger partial charge in [-0.1, -0.05) is 13.8 Å². The van der Waals surface area contributed by atoms with E-state index in [1.54, 1.807) is 11.9 Å². The van der Waals surface area contributed by atoms with Crippen molar-refractivity contribution in [1.82, 2.24) is 9.80 Å². The Bertz CT molecular complexity index is 251. The van der Waals surface area contributed by atoms with Crippen molar-refractivity contribution in [2.45, 2.75) is 32.7 Å². The molecule has 0 radical (unpaired) electrons. The molecule has 0 spiro atoms. The van der Waals surface area contributed by atoms with Crippen molar-refractivity contribution >= 4 is 11.9 Å². The second kappa shape index (κ2) is 3.98. The van der Waals surface area contributed by atoms with Gasteiger partial charge in [-0.25, -0.2) is 4.79 Å². The Morgan fingerprint density at radius 3 is 2.43 bits per heavy atom. The highest BCUT2D eigenvalue weighted by molar-refractivity contribution is 5.96. The molecule has 0 aromatic carbocycles. The topological polar surface area (TPSA) is 40.6 Å². The zero-order chi connectivity index (χ0) is 10.9. The molecule has 0 N–H and O–H groups in total. The Morgan fingerprint density at radius 2 is 1.93 bits per heavy atom. The van der Waals surface area contributed by atoms with Crippen LogP contribution in [0.2, 0.25) is 0 Å². The van der Waals surface area contributed by atoms with Crippen molar-refractivity contribution in [2.24, 2.45) is 5.92 Å². The molecule has 1 heterocycles. The highest BCUT2D eigenvalue weighted by Crippen LogP contribution is 2.20. The second-order valence-corrected chi connectivity index (χ2v) is 4.33. The number of amides is 3. The van der Waals surface area contributed by atoms with Crippen molar-refractivity contribution in [3.8, 4) is 0 Å². The van der Waals surface area contributed by atoms with Crippen LogP contribution in [0.4, 0.5) is 4.79 Å². The molecule has 1 aliphatic heterocycles. The number of nitrogens with zero attached hydrogens (tertiary/aromatic N) is 2. The summed E-state index contributed by atoms with van der Waals surface area (Å²) in [6, 6.07) is -0.113. The largest absolute Gasteiger partial charge is 0.326 e. The predicted octanol–water partition coefficient (Wildman–Crippen LogP) is 1.31. The third kappa shape index (κ3) is 2.05. The Labute approximate surface area is 84.9 Å². The van der Waals surface area contributed by atoms with E-state index in [2.05, 4.69) is 13.8 Å². The molecule has 1 aliphatic rings. The number of carbonyl (C=O) groups is 2. The minimum Gasteiger partial charge on any atom is -0.324 e. The van der Waals surface area contributed by atoms with Gasteiger partial charge in [-0.15, -0.1) is 0 Å². The fourth-order valence-corrected chi connectivity index (χ4v) is 1.76. The van der Waals surface area contributed by atoms with E-state index >= 15 is 0 Å². The van der Waals surface area contributed by atoms with E-state index in [0.29, 0.717) is 12.3 Å². The Morgan fingerprint density at radius 1 is 1.36 bits per heavy atom. The number of imide groups is 1. The molecule has 4 nitrogen and oxygen atoms in total. The van der Waals surface area contributed by atoms with Crippen LogP contribution in [-0.2, 0) is 4.79 Å². The molecule has 4 heteroatoms. The number of hydrogen-bond donors (Lipinski definition) is 0. The summed E-state index contributed by atoms with van der Waals surface area (Å²) in [5.41, 5.74) is 0. The zero-order valence-corrected chi connectivity index (χ0v) is 9.28. The monoisotopic (exact) mass is 198 g/mol. The van der Waals surface area contributed by atoms with E-state index < -0.39 is 0 Å². The fourth-order valence-electron chi connectivity index (χ4n) is 1.76. The third-order valence-electron chi connectivity index (χ3n) is 2.66. The summed E-state index contributed by atoms with van der Waals surface area (Å²) in [5, 5.41) is 0. The molecule has 80 valence electrons. The van der Waals surface area contributed by atoms with Gasteiger partial charge in [0.05, 0.1) is 0 Å². The molecule has 0 saturated carbocycles. The van der Waals surface area contributed by atoms with Crippen molar-refractivity contribution < 1.29 is 9.59 Å². The van der Waals surface area contributed by atoms with Crippen molar-refractivity contribution in [2.75, 3.05) is 14.1 Å². The van der Waals surface area contributed by atoms with Gasteiger partial charge >= 0.3 is 6.03 Å². The third-order valence-corrected chi connectivity index (χ3v) is 2.66. The average molecular weight is 198 g/mol.